The zero-order valence-corrected chi connectivity index (χ0v) is 12.1. The highest BCUT2D eigenvalue weighted by atomic mass is 16.5. The number of nitrogens with one attached hydrogen (secondary N) is 1. The molecule has 4 aliphatic carbocycles. The molecule has 0 aliphatic heterocycles. The van der Waals surface area contributed by atoms with Crippen LogP contribution in [0, 0.1) is 23.2 Å². The second-order valence-electron chi connectivity index (χ2n) is 7.13. The molecule has 4 rings (SSSR count). The molecule has 0 unspecified atom stereocenters. The van der Waals surface area contributed by atoms with E-state index in [1.54, 1.807) is 7.11 Å². The summed E-state index contributed by atoms with van der Waals surface area (Å²) < 4.78 is 5.02. The third kappa shape index (κ3) is 2.73. The van der Waals surface area contributed by atoms with E-state index in [9.17, 15) is 4.79 Å². The number of carbonyl (C=O) groups excluding carboxylic acids is 1. The van der Waals surface area contributed by atoms with Crippen molar-refractivity contribution in [1.29, 1.82) is 0 Å². The second-order valence-corrected chi connectivity index (χ2v) is 7.13. The fourth-order valence-electron chi connectivity index (χ4n) is 5.10. The van der Waals surface area contributed by atoms with Crippen LogP contribution in [0.15, 0.2) is 0 Å². The molecule has 0 aromatic carbocycles. The van der Waals surface area contributed by atoms with E-state index in [-0.39, 0.29) is 5.41 Å². The molecule has 4 bridgehead atoms. The van der Waals surface area contributed by atoms with Gasteiger partial charge in [-0.25, -0.2) is 0 Å². The first-order valence-electron chi connectivity index (χ1n) is 7.95. The van der Waals surface area contributed by atoms with Crippen LogP contribution in [0.25, 0.3) is 0 Å². The largest absolute Gasteiger partial charge is 0.383 e. The van der Waals surface area contributed by atoms with E-state index in [2.05, 4.69) is 5.32 Å². The van der Waals surface area contributed by atoms with Crippen LogP contribution in [-0.4, -0.2) is 32.6 Å². The van der Waals surface area contributed by atoms with Crippen LogP contribution >= 0.6 is 0 Å². The SMILES string of the molecule is COCCNCC(=O)C12CC3C[C@H](CC[C@@H](C3)C1)C2. The lowest BCUT2D eigenvalue weighted by Crippen LogP contribution is -2.46. The maximum Gasteiger partial charge on any atom is 0.152 e. The van der Waals surface area contributed by atoms with Crippen molar-refractivity contribution in [3.8, 4) is 0 Å². The molecule has 0 spiro atoms. The van der Waals surface area contributed by atoms with Gasteiger partial charge in [0.15, 0.2) is 5.78 Å². The lowest BCUT2D eigenvalue weighted by Gasteiger charge is -2.47. The molecule has 4 aliphatic rings. The number of fused-ring (bicyclic) bond motifs is 1. The second kappa shape index (κ2) is 5.53. The van der Waals surface area contributed by atoms with E-state index in [0.29, 0.717) is 18.9 Å². The van der Waals surface area contributed by atoms with Crippen molar-refractivity contribution in [2.45, 2.75) is 44.9 Å². The lowest BCUT2D eigenvalue weighted by molar-refractivity contribution is -0.135. The normalized spacial score (nSPS) is 40.4. The number of ketones is 1. The summed E-state index contributed by atoms with van der Waals surface area (Å²) in [5, 5.41) is 3.26. The Balaban J connectivity index is 1.63. The fraction of sp³-hybridized carbons (Fsp3) is 0.938. The predicted molar refractivity (Wildman–Crippen MR) is 75.0 cm³/mol. The molecule has 0 amide bonds. The van der Waals surface area contributed by atoms with Crippen LogP contribution in [0.3, 0.4) is 0 Å². The Morgan fingerprint density at radius 3 is 2.42 bits per heavy atom. The summed E-state index contributed by atoms with van der Waals surface area (Å²) in [6, 6.07) is 0. The van der Waals surface area contributed by atoms with Crippen LogP contribution < -0.4 is 5.32 Å². The van der Waals surface area contributed by atoms with Gasteiger partial charge in [0.1, 0.15) is 0 Å². The van der Waals surface area contributed by atoms with Gasteiger partial charge in [0.2, 0.25) is 0 Å². The molecule has 3 heteroatoms. The first-order valence-corrected chi connectivity index (χ1v) is 7.95. The van der Waals surface area contributed by atoms with Gasteiger partial charge in [0, 0.05) is 19.1 Å². The Morgan fingerprint density at radius 2 is 1.79 bits per heavy atom. The Bertz CT molecular complexity index is 326. The highest BCUT2D eigenvalue weighted by Gasteiger charge is 2.51. The third-order valence-corrected chi connectivity index (χ3v) is 5.71. The summed E-state index contributed by atoms with van der Waals surface area (Å²) >= 11 is 0. The van der Waals surface area contributed by atoms with Crippen molar-refractivity contribution < 1.29 is 9.53 Å². The molecule has 108 valence electrons. The number of ether oxygens (including phenoxy) is 1. The smallest absolute Gasteiger partial charge is 0.152 e. The number of hydrogen-bond acceptors (Lipinski definition) is 3. The van der Waals surface area contributed by atoms with Crippen LogP contribution in [0.5, 0.6) is 0 Å². The number of carbonyl (C=O) groups is 1. The van der Waals surface area contributed by atoms with E-state index in [0.717, 1.165) is 24.3 Å². The topological polar surface area (TPSA) is 38.3 Å². The molecule has 2 atom stereocenters. The third-order valence-electron chi connectivity index (χ3n) is 5.71. The summed E-state index contributed by atoms with van der Waals surface area (Å²) in [5.41, 5.74) is 0.0487. The van der Waals surface area contributed by atoms with E-state index < -0.39 is 0 Å². The summed E-state index contributed by atoms with van der Waals surface area (Å²) in [6.45, 7) is 2.03. The van der Waals surface area contributed by atoms with Gasteiger partial charge in [0.05, 0.1) is 13.2 Å². The van der Waals surface area contributed by atoms with Crippen molar-refractivity contribution in [1.82, 2.24) is 5.32 Å². The molecule has 19 heavy (non-hydrogen) atoms. The molecule has 0 saturated heterocycles. The van der Waals surface area contributed by atoms with E-state index >= 15 is 0 Å². The van der Waals surface area contributed by atoms with Gasteiger partial charge in [0.25, 0.3) is 0 Å². The molecular weight excluding hydrogens is 238 g/mol. The van der Waals surface area contributed by atoms with Crippen LogP contribution in [0.1, 0.15) is 44.9 Å². The maximum atomic E-state index is 12.7. The Morgan fingerprint density at radius 1 is 1.16 bits per heavy atom. The zero-order valence-electron chi connectivity index (χ0n) is 12.1. The summed E-state index contributed by atoms with van der Waals surface area (Å²) in [6.07, 6.45) is 9.13. The van der Waals surface area contributed by atoms with Crippen LogP contribution in [0.4, 0.5) is 0 Å². The highest BCUT2D eigenvalue weighted by molar-refractivity contribution is 5.87. The van der Waals surface area contributed by atoms with Gasteiger partial charge < -0.3 is 10.1 Å². The molecule has 4 saturated carbocycles. The molecular formula is C16H27NO2. The van der Waals surface area contributed by atoms with E-state index in [1.807, 2.05) is 0 Å². The number of hydrogen-bond donors (Lipinski definition) is 1. The van der Waals surface area contributed by atoms with Gasteiger partial charge in [-0.15, -0.1) is 0 Å². The average molecular weight is 265 g/mol. The van der Waals surface area contributed by atoms with Crippen molar-refractivity contribution in [2.24, 2.45) is 23.2 Å². The summed E-state index contributed by atoms with van der Waals surface area (Å²) in [7, 11) is 1.70. The fourth-order valence-corrected chi connectivity index (χ4v) is 5.10. The van der Waals surface area contributed by atoms with Crippen LogP contribution in [-0.2, 0) is 9.53 Å². The van der Waals surface area contributed by atoms with Crippen molar-refractivity contribution in [3.05, 3.63) is 0 Å². The zero-order chi connectivity index (χ0) is 13.3. The Hall–Kier alpha value is -0.410. The summed E-state index contributed by atoms with van der Waals surface area (Å²) in [5.74, 6) is 3.02. The maximum absolute atomic E-state index is 12.7. The molecule has 1 N–H and O–H groups in total. The number of methoxy groups -OCH3 is 1. The van der Waals surface area contributed by atoms with Gasteiger partial charge in [-0.2, -0.15) is 0 Å². The van der Waals surface area contributed by atoms with Gasteiger partial charge in [-0.05, 0) is 49.9 Å². The monoisotopic (exact) mass is 265 g/mol. The van der Waals surface area contributed by atoms with E-state index in [4.69, 9.17) is 4.74 Å². The van der Waals surface area contributed by atoms with Crippen molar-refractivity contribution >= 4 is 5.78 Å². The molecule has 0 heterocycles. The molecule has 3 nitrogen and oxygen atoms in total. The van der Waals surface area contributed by atoms with Crippen molar-refractivity contribution in [3.63, 3.8) is 0 Å². The van der Waals surface area contributed by atoms with Crippen molar-refractivity contribution in [2.75, 3.05) is 26.8 Å². The van der Waals surface area contributed by atoms with Gasteiger partial charge in [-0.3, -0.25) is 4.79 Å². The quantitative estimate of drug-likeness (QED) is 0.749. The van der Waals surface area contributed by atoms with E-state index in [1.165, 1.54) is 44.9 Å². The predicted octanol–water partition coefficient (Wildman–Crippen LogP) is 2.40. The first-order chi connectivity index (χ1) is 9.22. The minimum atomic E-state index is 0.0487. The average Bonchev–Trinajstić information content (AvgIpc) is 2.61. The molecule has 4 fully saturated rings. The van der Waals surface area contributed by atoms with Gasteiger partial charge >= 0.3 is 0 Å². The minimum absolute atomic E-state index is 0.0487. The number of rotatable bonds is 6. The van der Waals surface area contributed by atoms with Crippen LogP contribution in [0.2, 0.25) is 0 Å². The lowest BCUT2D eigenvalue weighted by atomic mass is 9.57. The summed E-state index contributed by atoms with van der Waals surface area (Å²) in [4.78, 5) is 12.7. The Labute approximate surface area is 116 Å². The molecule has 0 radical (unpaired) electrons. The van der Waals surface area contributed by atoms with Gasteiger partial charge in [-0.1, -0.05) is 12.8 Å². The molecule has 0 aromatic rings. The standard InChI is InChI=1S/C16H27NO2/c1-19-5-4-17-11-15(18)16-8-12-2-3-13(9-16)7-14(6-12)10-16/h12-14,17H,2-11H2,1H3/t12-,13-,14?,16?/m0/s1. The minimum Gasteiger partial charge on any atom is -0.383 e. The molecule has 0 aromatic heterocycles. The number of Topliss-reactive ketones (excluding diaryl/α,β-unsaturated/α-hetero) is 1. The Kier molecular flexibility index (Phi) is 3.95. The highest BCUT2D eigenvalue weighted by Crippen LogP contribution is 2.57. The first kappa shape index (κ1) is 13.6.